The summed E-state index contributed by atoms with van der Waals surface area (Å²) in [4.78, 5) is 12.0. The van der Waals surface area contributed by atoms with E-state index in [0.717, 1.165) is 6.07 Å². The summed E-state index contributed by atoms with van der Waals surface area (Å²) in [7, 11) is -1.77. The van der Waals surface area contributed by atoms with Crippen LogP contribution in [0.2, 0.25) is 0 Å². The van der Waals surface area contributed by atoms with E-state index in [-0.39, 0.29) is 16.3 Å². The molecule has 26 heavy (non-hydrogen) atoms. The van der Waals surface area contributed by atoms with Crippen LogP contribution in [0.3, 0.4) is 0 Å². The fourth-order valence-corrected chi connectivity index (χ4v) is 4.22. The molecule has 9 heteroatoms. The number of nitro benzene ring substituents is 1. The maximum Gasteiger partial charge on any atom is 0.312 e. The molecule has 1 aliphatic heterocycles. The molecule has 2 aromatic rings. The molecule has 0 radical (unpaired) electrons. The van der Waals surface area contributed by atoms with Gasteiger partial charge in [-0.25, -0.2) is 8.42 Å². The molecule has 0 saturated carbocycles. The number of nitrogens with one attached hydrogen (secondary N) is 1. The second-order valence-corrected chi connectivity index (χ2v) is 8.10. The quantitative estimate of drug-likeness (QED) is 0.616. The molecular weight excluding hydrogens is 358 g/mol. The zero-order valence-electron chi connectivity index (χ0n) is 14.3. The number of hydrogen-bond donors (Lipinski definition) is 1. The number of rotatable bonds is 5. The van der Waals surface area contributed by atoms with Crippen molar-refractivity contribution < 1.29 is 23.0 Å². The lowest BCUT2D eigenvalue weighted by atomic mass is 10.3. The predicted octanol–water partition coefficient (Wildman–Crippen LogP) is 0.906. The summed E-state index contributed by atoms with van der Waals surface area (Å²) >= 11 is 0. The van der Waals surface area contributed by atoms with Crippen molar-refractivity contribution in [1.29, 1.82) is 0 Å². The minimum Gasteiger partial charge on any atom is -0.450 e. The van der Waals surface area contributed by atoms with Crippen LogP contribution in [0.5, 0.6) is 11.5 Å². The number of ether oxygens (including phenoxy) is 1. The van der Waals surface area contributed by atoms with Gasteiger partial charge in [0.15, 0.2) is 0 Å². The van der Waals surface area contributed by atoms with Gasteiger partial charge in [0.05, 0.1) is 43.0 Å². The minimum absolute atomic E-state index is 0.00275. The molecule has 0 atom stereocenters. The second-order valence-electron chi connectivity index (χ2n) is 6.16. The van der Waals surface area contributed by atoms with Gasteiger partial charge in [-0.3, -0.25) is 10.1 Å². The highest BCUT2D eigenvalue weighted by Crippen LogP contribution is 2.34. The van der Waals surface area contributed by atoms with Gasteiger partial charge in [-0.2, -0.15) is 4.31 Å². The third-order valence-electron chi connectivity index (χ3n) is 4.31. The molecule has 1 fully saturated rings. The Balaban J connectivity index is 1.92. The number of nitrogens with zero attached hydrogens (tertiary/aromatic N) is 2. The fraction of sp³-hybridized carbons (Fsp3) is 0.294. The van der Waals surface area contributed by atoms with Crippen molar-refractivity contribution >= 4 is 15.7 Å². The molecule has 0 unspecified atom stereocenters. The van der Waals surface area contributed by atoms with Gasteiger partial charge in [0.1, 0.15) is 5.75 Å². The topological polar surface area (TPSA) is 94.2 Å². The fourth-order valence-electron chi connectivity index (χ4n) is 2.76. The van der Waals surface area contributed by atoms with Crippen LogP contribution < -0.4 is 9.64 Å². The number of sulfonamides is 1. The smallest absolute Gasteiger partial charge is 0.312 e. The Labute approximate surface area is 151 Å². The lowest BCUT2D eigenvalue weighted by molar-refractivity contribution is -0.883. The van der Waals surface area contributed by atoms with Gasteiger partial charge in [-0.05, 0) is 24.3 Å². The summed E-state index contributed by atoms with van der Waals surface area (Å²) in [5.41, 5.74) is -0.380. The summed E-state index contributed by atoms with van der Waals surface area (Å²) in [6, 6.07) is 12.4. The number of nitro groups is 1. The van der Waals surface area contributed by atoms with Crippen molar-refractivity contribution in [2.45, 2.75) is 4.90 Å². The molecule has 0 spiro atoms. The van der Waals surface area contributed by atoms with Crippen LogP contribution >= 0.6 is 0 Å². The highest BCUT2D eigenvalue weighted by atomic mass is 32.2. The standard InChI is InChI=1S/C17H19N3O5S/c1-18-9-11-19(12-10-18)26(23,24)15-7-8-17(16(13-15)20(21)22)25-14-5-3-2-4-6-14/h2-8,13H,9-12H2,1H3/p+1. The van der Waals surface area contributed by atoms with Crippen LogP contribution in [0, 0.1) is 10.1 Å². The second kappa shape index (κ2) is 7.40. The van der Waals surface area contributed by atoms with Crippen LogP contribution in [0.4, 0.5) is 5.69 Å². The SMILES string of the molecule is C[NH+]1CCN(S(=O)(=O)c2ccc(Oc3ccccc3)c([N+](=O)[O-])c2)CC1. The van der Waals surface area contributed by atoms with Crippen molar-refractivity contribution in [2.75, 3.05) is 33.2 Å². The van der Waals surface area contributed by atoms with Crippen LogP contribution in [0.25, 0.3) is 0 Å². The Morgan fingerprint density at radius 1 is 1.12 bits per heavy atom. The molecular formula is C17H20N3O5S+. The van der Waals surface area contributed by atoms with E-state index in [4.69, 9.17) is 4.74 Å². The van der Waals surface area contributed by atoms with Crippen molar-refractivity contribution in [3.05, 3.63) is 58.6 Å². The van der Waals surface area contributed by atoms with Crippen LogP contribution in [0.15, 0.2) is 53.4 Å². The molecule has 1 saturated heterocycles. The largest absolute Gasteiger partial charge is 0.450 e. The molecule has 0 amide bonds. The third kappa shape index (κ3) is 3.85. The zero-order valence-corrected chi connectivity index (χ0v) is 15.1. The van der Waals surface area contributed by atoms with E-state index >= 15 is 0 Å². The number of para-hydroxylation sites is 1. The monoisotopic (exact) mass is 378 g/mol. The Kier molecular flexibility index (Phi) is 5.21. The summed E-state index contributed by atoms with van der Waals surface area (Å²) in [5, 5.41) is 11.4. The summed E-state index contributed by atoms with van der Waals surface area (Å²) in [5.74, 6) is 0.441. The molecule has 0 bridgehead atoms. The molecule has 3 rings (SSSR count). The highest BCUT2D eigenvalue weighted by Gasteiger charge is 2.31. The van der Waals surface area contributed by atoms with Gasteiger partial charge >= 0.3 is 5.69 Å². The van der Waals surface area contributed by atoms with Crippen molar-refractivity contribution in [1.82, 2.24) is 4.31 Å². The maximum atomic E-state index is 12.8. The normalized spacial score (nSPS) is 16.3. The van der Waals surface area contributed by atoms with E-state index in [2.05, 4.69) is 0 Å². The summed E-state index contributed by atoms with van der Waals surface area (Å²) < 4.78 is 32.5. The van der Waals surface area contributed by atoms with Gasteiger partial charge in [-0.1, -0.05) is 18.2 Å². The molecule has 138 valence electrons. The van der Waals surface area contributed by atoms with E-state index in [0.29, 0.717) is 31.9 Å². The Bertz CT molecular complexity index is 894. The van der Waals surface area contributed by atoms with Crippen molar-refractivity contribution in [3.63, 3.8) is 0 Å². The first-order chi connectivity index (χ1) is 12.4. The van der Waals surface area contributed by atoms with E-state index in [1.165, 1.54) is 21.3 Å². The van der Waals surface area contributed by atoms with Crippen LogP contribution in [-0.4, -0.2) is 50.9 Å². The van der Waals surface area contributed by atoms with Crippen molar-refractivity contribution in [3.8, 4) is 11.5 Å². The summed E-state index contributed by atoms with van der Waals surface area (Å²) in [6.07, 6.45) is 0. The van der Waals surface area contributed by atoms with E-state index < -0.39 is 14.9 Å². The Morgan fingerprint density at radius 3 is 2.38 bits per heavy atom. The number of benzene rings is 2. The van der Waals surface area contributed by atoms with Gasteiger partial charge in [0.2, 0.25) is 15.8 Å². The average Bonchev–Trinajstić information content (AvgIpc) is 2.63. The summed E-state index contributed by atoms with van der Waals surface area (Å²) in [6.45, 7) is 2.20. The number of quaternary nitrogens is 1. The van der Waals surface area contributed by atoms with Crippen LogP contribution in [0.1, 0.15) is 0 Å². The Morgan fingerprint density at radius 2 is 1.77 bits per heavy atom. The molecule has 1 N–H and O–H groups in total. The molecule has 0 aliphatic carbocycles. The molecule has 8 nitrogen and oxygen atoms in total. The lowest BCUT2D eigenvalue weighted by Gasteiger charge is -2.29. The lowest BCUT2D eigenvalue weighted by Crippen LogP contribution is -3.12. The first-order valence-electron chi connectivity index (χ1n) is 8.21. The maximum absolute atomic E-state index is 12.8. The minimum atomic E-state index is -3.77. The first kappa shape index (κ1) is 18.3. The van der Waals surface area contributed by atoms with Crippen LogP contribution in [-0.2, 0) is 10.0 Å². The van der Waals surface area contributed by atoms with Crippen molar-refractivity contribution in [2.24, 2.45) is 0 Å². The van der Waals surface area contributed by atoms with Gasteiger partial charge in [-0.15, -0.1) is 0 Å². The molecule has 1 heterocycles. The molecule has 1 aliphatic rings. The van der Waals surface area contributed by atoms with Gasteiger partial charge in [0, 0.05) is 6.07 Å². The van der Waals surface area contributed by atoms with Gasteiger partial charge < -0.3 is 9.64 Å². The molecule has 0 aromatic heterocycles. The Hall–Kier alpha value is -2.49. The zero-order chi connectivity index (χ0) is 18.7. The van der Waals surface area contributed by atoms with Gasteiger partial charge in [0.25, 0.3) is 0 Å². The average molecular weight is 378 g/mol. The molecule has 2 aromatic carbocycles. The first-order valence-corrected chi connectivity index (χ1v) is 9.65. The number of piperazine rings is 1. The van der Waals surface area contributed by atoms with E-state index in [9.17, 15) is 18.5 Å². The van der Waals surface area contributed by atoms with E-state index in [1.54, 1.807) is 30.3 Å². The number of likely N-dealkylation sites (N-methyl/N-ethyl adjacent to an activating group) is 1. The number of hydrogen-bond acceptors (Lipinski definition) is 5. The third-order valence-corrected chi connectivity index (χ3v) is 6.21. The predicted molar refractivity (Wildman–Crippen MR) is 95.0 cm³/mol. The highest BCUT2D eigenvalue weighted by molar-refractivity contribution is 7.89. The van der Waals surface area contributed by atoms with E-state index in [1.807, 2.05) is 7.05 Å².